The molecule has 0 saturated heterocycles. The number of benzene rings is 1. The SMILES string of the molecule is C=C.C=C=C=C=C=C.COCCCNC(=S)N/N=C/c1ccc(N(C)C)cc1Cl. The van der Waals surface area contributed by atoms with E-state index in [0.29, 0.717) is 16.7 Å². The van der Waals surface area contributed by atoms with Crippen LogP contribution in [0.25, 0.3) is 0 Å². The Morgan fingerprint density at radius 3 is 2.38 bits per heavy atom. The summed E-state index contributed by atoms with van der Waals surface area (Å²) in [5.74, 6) is 0. The molecule has 0 aromatic heterocycles. The van der Waals surface area contributed by atoms with E-state index >= 15 is 0 Å². The minimum absolute atomic E-state index is 0.475. The van der Waals surface area contributed by atoms with Crippen molar-refractivity contribution in [3.05, 3.63) is 78.0 Å². The number of methoxy groups -OCH3 is 1. The number of ether oxygens (including phenoxy) is 1. The minimum Gasteiger partial charge on any atom is -0.385 e. The lowest BCUT2D eigenvalue weighted by Crippen LogP contribution is -2.33. The van der Waals surface area contributed by atoms with Gasteiger partial charge in [-0.15, -0.1) is 13.2 Å². The summed E-state index contributed by atoms with van der Waals surface area (Å²) in [6.07, 6.45) is 2.53. The Labute approximate surface area is 185 Å². The van der Waals surface area contributed by atoms with E-state index in [9.17, 15) is 0 Å². The first-order valence-corrected chi connectivity index (χ1v) is 9.31. The molecule has 0 heterocycles. The Hall–Kier alpha value is -2.77. The maximum absolute atomic E-state index is 6.20. The molecule has 0 aliphatic rings. The molecule has 5 nitrogen and oxygen atoms in total. The molecule has 29 heavy (non-hydrogen) atoms. The molecule has 156 valence electrons. The van der Waals surface area contributed by atoms with Crippen molar-refractivity contribution in [3.8, 4) is 0 Å². The minimum atomic E-state index is 0.475. The third kappa shape index (κ3) is 15.9. The Balaban J connectivity index is 0. The predicted molar refractivity (Wildman–Crippen MR) is 130 cm³/mol. The standard InChI is InChI=1S/C14H21ClN4OS.C6H4.C2H4/c1-19(2)12-6-5-11(13(15)9-12)10-17-18-14(21)16-7-4-8-20-3;1-3-5-6-4-2;1-2/h5-6,9-10H,4,7-8H2,1-3H3,(H2,16,18,21);1-2H2;1-2H2/b17-10+;;. The highest BCUT2D eigenvalue weighted by atomic mass is 35.5. The van der Waals surface area contributed by atoms with Gasteiger partial charge in [-0.2, -0.15) is 5.10 Å². The van der Waals surface area contributed by atoms with Gasteiger partial charge in [-0.05, 0) is 61.5 Å². The summed E-state index contributed by atoms with van der Waals surface area (Å²) < 4.78 is 4.95. The number of anilines is 1. The van der Waals surface area contributed by atoms with Gasteiger partial charge in [0.25, 0.3) is 0 Å². The summed E-state index contributed by atoms with van der Waals surface area (Å²) in [4.78, 5) is 1.99. The van der Waals surface area contributed by atoms with Crippen LogP contribution < -0.4 is 15.6 Å². The molecule has 0 aliphatic carbocycles. The van der Waals surface area contributed by atoms with E-state index in [1.54, 1.807) is 13.3 Å². The first-order valence-electron chi connectivity index (χ1n) is 8.53. The third-order valence-corrected chi connectivity index (χ3v) is 3.48. The number of nitrogens with one attached hydrogen (secondary N) is 2. The van der Waals surface area contributed by atoms with Crippen LogP contribution in [0.2, 0.25) is 5.02 Å². The van der Waals surface area contributed by atoms with E-state index in [1.807, 2.05) is 37.2 Å². The molecule has 1 aromatic carbocycles. The van der Waals surface area contributed by atoms with Crippen molar-refractivity contribution in [2.75, 3.05) is 39.3 Å². The van der Waals surface area contributed by atoms with Crippen molar-refractivity contribution in [3.63, 3.8) is 0 Å². The number of nitrogens with zero attached hydrogens (tertiary/aromatic N) is 2. The van der Waals surface area contributed by atoms with E-state index in [2.05, 4.69) is 65.1 Å². The van der Waals surface area contributed by atoms with Crippen molar-refractivity contribution in [2.45, 2.75) is 6.42 Å². The van der Waals surface area contributed by atoms with Crippen molar-refractivity contribution in [1.29, 1.82) is 0 Å². The van der Waals surface area contributed by atoms with Gasteiger partial charge in [0.15, 0.2) is 5.11 Å². The highest BCUT2D eigenvalue weighted by Gasteiger charge is 2.01. The summed E-state index contributed by atoms with van der Waals surface area (Å²) in [7, 11) is 5.61. The Kier molecular flexibility index (Phi) is 19.6. The molecule has 0 fully saturated rings. The van der Waals surface area contributed by atoms with Crippen LogP contribution in [0.15, 0.2) is 72.5 Å². The average molecular weight is 433 g/mol. The van der Waals surface area contributed by atoms with Gasteiger partial charge in [-0.3, -0.25) is 5.43 Å². The van der Waals surface area contributed by atoms with Gasteiger partial charge in [0.1, 0.15) is 0 Å². The summed E-state index contributed by atoms with van der Waals surface area (Å²) in [5.41, 5.74) is 14.2. The van der Waals surface area contributed by atoms with E-state index in [1.165, 1.54) is 0 Å². The molecule has 0 bridgehead atoms. The van der Waals surface area contributed by atoms with Crippen LogP contribution in [-0.4, -0.2) is 45.7 Å². The number of hydrogen-bond acceptors (Lipinski definition) is 4. The smallest absolute Gasteiger partial charge is 0.186 e. The molecule has 0 unspecified atom stereocenters. The first-order chi connectivity index (χ1) is 14.0. The van der Waals surface area contributed by atoms with Crippen LogP contribution in [0.1, 0.15) is 12.0 Å². The average Bonchev–Trinajstić information content (AvgIpc) is 2.72. The molecule has 0 amide bonds. The lowest BCUT2D eigenvalue weighted by Gasteiger charge is -2.13. The second kappa shape index (κ2) is 20.0. The van der Waals surface area contributed by atoms with Crippen LogP contribution in [0.4, 0.5) is 5.69 Å². The van der Waals surface area contributed by atoms with Crippen molar-refractivity contribution >= 4 is 40.8 Å². The molecule has 0 aliphatic heterocycles. The molecule has 2 N–H and O–H groups in total. The molecule has 0 atom stereocenters. The second-order valence-electron chi connectivity index (χ2n) is 5.18. The molecular weight excluding hydrogens is 404 g/mol. The van der Waals surface area contributed by atoms with Gasteiger partial charge in [0.05, 0.1) is 11.2 Å². The third-order valence-electron chi connectivity index (χ3n) is 2.92. The zero-order chi connectivity index (χ0) is 22.5. The van der Waals surface area contributed by atoms with Gasteiger partial charge in [-0.25, -0.2) is 0 Å². The summed E-state index contributed by atoms with van der Waals surface area (Å²) in [6, 6.07) is 5.79. The number of hydrogen-bond donors (Lipinski definition) is 2. The topological polar surface area (TPSA) is 48.9 Å². The van der Waals surface area contributed by atoms with Crippen molar-refractivity contribution in [1.82, 2.24) is 10.7 Å². The number of hydrazone groups is 1. The zero-order valence-electron chi connectivity index (χ0n) is 17.3. The van der Waals surface area contributed by atoms with Gasteiger partial charge in [-0.1, -0.05) is 23.1 Å². The lowest BCUT2D eigenvalue weighted by atomic mass is 10.2. The highest BCUT2D eigenvalue weighted by molar-refractivity contribution is 7.80. The van der Waals surface area contributed by atoms with E-state index in [-0.39, 0.29) is 0 Å². The second-order valence-corrected chi connectivity index (χ2v) is 5.99. The summed E-state index contributed by atoms with van der Waals surface area (Å²) in [5, 5.41) is 8.22. The molecule has 7 heteroatoms. The van der Waals surface area contributed by atoms with Gasteiger partial charge in [0, 0.05) is 45.6 Å². The normalized spacial score (nSPS) is 8.55. The lowest BCUT2D eigenvalue weighted by molar-refractivity contribution is 0.195. The maximum atomic E-state index is 6.20. The van der Waals surface area contributed by atoms with Gasteiger partial charge < -0.3 is 15.0 Å². The molecule has 1 rings (SSSR count). The monoisotopic (exact) mass is 432 g/mol. The highest BCUT2D eigenvalue weighted by Crippen LogP contribution is 2.21. The zero-order valence-corrected chi connectivity index (χ0v) is 18.9. The number of rotatable bonds is 7. The van der Waals surface area contributed by atoms with Gasteiger partial charge in [0.2, 0.25) is 0 Å². The van der Waals surface area contributed by atoms with Gasteiger partial charge >= 0.3 is 0 Å². The van der Waals surface area contributed by atoms with Crippen LogP contribution in [0.5, 0.6) is 0 Å². The molecular formula is C22H29ClN4OS. The van der Waals surface area contributed by atoms with Crippen LogP contribution in [0, 0.1) is 0 Å². The first kappa shape index (κ1) is 28.4. The fourth-order valence-corrected chi connectivity index (χ4v) is 1.98. The fourth-order valence-electron chi connectivity index (χ4n) is 1.61. The van der Waals surface area contributed by atoms with E-state index in [4.69, 9.17) is 28.6 Å². The maximum Gasteiger partial charge on any atom is 0.186 e. The quantitative estimate of drug-likeness (QED) is 0.166. The predicted octanol–water partition coefficient (Wildman–Crippen LogP) is 4.47. The number of thiocarbonyl (C=S) groups is 1. The summed E-state index contributed by atoms with van der Waals surface area (Å²) in [6.45, 7) is 13.9. The number of halogens is 1. The van der Waals surface area contributed by atoms with Crippen LogP contribution in [-0.2, 0) is 4.74 Å². The van der Waals surface area contributed by atoms with Crippen molar-refractivity contribution in [2.24, 2.45) is 5.10 Å². The van der Waals surface area contributed by atoms with Crippen LogP contribution >= 0.6 is 23.8 Å². The molecule has 0 spiro atoms. The molecule has 0 saturated carbocycles. The van der Waals surface area contributed by atoms with E-state index in [0.717, 1.165) is 24.2 Å². The van der Waals surface area contributed by atoms with E-state index < -0.39 is 0 Å². The fraction of sp³-hybridized carbons (Fsp3) is 0.273. The molecule has 0 radical (unpaired) electrons. The van der Waals surface area contributed by atoms with Crippen LogP contribution in [0.3, 0.4) is 0 Å². The Morgan fingerprint density at radius 1 is 1.28 bits per heavy atom. The van der Waals surface area contributed by atoms with Crippen molar-refractivity contribution < 1.29 is 4.74 Å². The Bertz CT molecular complexity index is 764. The summed E-state index contributed by atoms with van der Waals surface area (Å²) >= 11 is 11.3. The molecule has 1 aromatic rings. The Morgan fingerprint density at radius 2 is 1.90 bits per heavy atom. The largest absolute Gasteiger partial charge is 0.385 e.